The number of phenolic OH excluding ortho intramolecular Hbond substituents is 1. The second-order valence-corrected chi connectivity index (χ2v) is 2.53. The van der Waals surface area contributed by atoms with E-state index in [9.17, 15) is 18.0 Å². The summed E-state index contributed by atoms with van der Waals surface area (Å²) in [6.45, 7) is 0. The maximum atomic E-state index is 12.1. The Morgan fingerprint density at radius 1 is 1.29 bits per heavy atom. The van der Waals surface area contributed by atoms with Gasteiger partial charge in [-0.05, 0) is 18.2 Å². The van der Waals surface area contributed by atoms with Crippen molar-refractivity contribution in [3.05, 3.63) is 29.3 Å². The fourth-order valence-corrected chi connectivity index (χ4v) is 0.904. The molecule has 14 heavy (non-hydrogen) atoms. The summed E-state index contributed by atoms with van der Waals surface area (Å²) in [5.74, 6) is -2.48. The zero-order valence-corrected chi connectivity index (χ0v) is 6.67. The van der Waals surface area contributed by atoms with Crippen LogP contribution in [0.15, 0.2) is 18.2 Å². The van der Waals surface area contributed by atoms with Crippen LogP contribution >= 0.6 is 0 Å². The summed E-state index contributed by atoms with van der Waals surface area (Å²) in [5, 5.41) is 17.3. The van der Waals surface area contributed by atoms with E-state index in [4.69, 9.17) is 10.2 Å². The highest BCUT2D eigenvalue weighted by atomic mass is 19.4. The molecule has 0 unspecified atom stereocenters. The molecule has 0 fully saturated rings. The van der Waals surface area contributed by atoms with Gasteiger partial charge in [-0.15, -0.1) is 0 Å². The number of carbonyl (C=O) groups is 1. The molecule has 6 heteroatoms. The SMILES string of the molecule is O=C(O)c1ccc(C(F)(F)F)c(O)c1. The van der Waals surface area contributed by atoms with E-state index in [0.717, 1.165) is 6.07 Å². The number of aromatic carboxylic acids is 1. The van der Waals surface area contributed by atoms with E-state index in [1.807, 2.05) is 0 Å². The Labute approximate surface area is 76.4 Å². The molecule has 1 aromatic rings. The van der Waals surface area contributed by atoms with E-state index in [2.05, 4.69) is 0 Å². The van der Waals surface area contributed by atoms with Crippen molar-refractivity contribution in [3.8, 4) is 5.75 Å². The lowest BCUT2D eigenvalue weighted by molar-refractivity contribution is -0.138. The molecule has 3 nitrogen and oxygen atoms in total. The van der Waals surface area contributed by atoms with Crippen molar-refractivity contribution >= 4 is 5.97 Å². The number of carboxylic acid groups (broad SMARTS) is 1. The number of rotatable bonds is 1. The second kappa shape index (κ2) is 3.21. The molecule has 0 spiro atoms. The lowest BCUT2D eigenvalue weighted by Gasteiger charge is -2.08. The van der Waals surface area contributed by atoms with Crippen molar-refractivity contribution in [1.29, 1.82) is 0 Å². The summed E-state index contributed by atoms with van der Waals surface area (Å²) in [5.41, 5.74) is -1.64. The Morgan fingerprint density at radius 3 is 2.21 bits per heavy atom. The van der Waals surface area contributed by atoms with Gasteiger partial charge in [-0.1, -0.05) is 0 Å². The van der Waals surface area contributed by atoms with Crippen LogP contribution in [0.1, 0.15) is 15.9 Å². The molecule has 76 valence electrons. The average Bonchev–Trinajstić information content (AvgIpc) is 2.01. The van der Waals surface area contributed by atoms with Crippen LogP contribution < -0.4 is 0 Å². The Balaban J connectivity index is 3.21. The van der Waals surface area contributed by atoms with E-state index >= 15 is 0 Å². The highest BCUT2D eigenvalue weighted by Gasteiger charge is 2.33. The van der Waals surface area contributed by atoms with E-state index in [1.54, 1.807) is 0 Å². The van der Waals surface area contributed by atoms with E-state index in [-0.39, 0.29) is 0 Å². The lowest BCUT2D eigenvalue weighted by atomic mass is 10.1. The van der Waals surface area contributed by atoms with Gasteiger partial charge in [0.15, 0.2) is 0 Å². The van der Waals surface area contributed by atoms with Gasteiger partial charge < -0.3 is 10.2 Å². The van der Waals surface area contributed by atoms with Crippen LogP contribution in [-0.2, 0) is 6.18 Å². The molecule has 2 N–H and O–H groups in total. The Morgan fingerprint density at radius 2 is 1.86 bits per heavy atom. The van der Waals surface area contributed by atoms with Gasteiger partial charge in [0.25, 0.3) is 0 Å². The third-order valence-corrected chi connectivity index (χ3v) is 1.55. The summed E-state index contributed by atoms with van der Waals surface area (Å²) in [6, 6.07) is 1.87. The molecule has 0 aliphatic rings. The summed E-state index contributed by atoms with van der Waals surface area (Å²) in [4.78, 5) is 10.3. The largest absolute Gasteiger partial charge is 0.507 e. The normalized spacial score (nSPS) is 11.4. The highest BCUT2D eigenvalue weighted by molar-refractivity contribution is 5.88. The minimum Gasteiger partial charge on any atom is -0.507 e. The number of hydrogen-bond acceptors (Lipinski definition) is 2. The quantitative estimate of drug-likeness (QED) is 0.739. The van der Waals surface area contributed by atoms with Crippen molar-refractivity contribution in [3.63, 3.8) is 0 Å². The van der Waals surface area contributed by atoms with Crippen LogP contribution in [0.4, 0.5) is 13.2 Å². The number of phenols is 1. The number of carboxylic acids is 1. The van der Waals surface area contributed by atoms with Gasteiger partial charge in [0.2, 0.25) is 0 Å². The van der Waals surface area contributed by atoms with E-state index in [0.29, 0.717) is 12.1 Å². The third kappa shape index (κ3) is 1.95. The first-order valence-electron chi connectivity index (χ1n) is 3.46. The molecule has 1 rings (SSSR count). The number of alkyl halides is 3. The smallest absolute Gasteiger partial charge is 0.419 e. The van der Waals surface area contributed by atoms with Crippen molar-refractivity contribution in [2.45, 2.75) is 6.18 Å². The van der Waals surface area contributed by atoms with Crippen LogP contribution in [0.2, 0.25) is 0 Å². The highest BCUT2D eigenvalue weighted by Crippen LogP contribution is 2.35. The van der Waals surface area contributed by atoms with Crippen molar-refractivity contribution in [2.75, 3.05) is 0 Å². The second-order valence-electron chi connectivity index (χ2n) is 2.53. The number of hydrogen-bond donors (Lipinski definition) is 2. The molecule has 0 atom stereocenters. The number of benzene rings is 1. The maximum Gasteiger partial charge on any atom is 0.419 e. The zero-order chi connectivity index (χ0) is 10.9. The third-order valence-electron chi connectivity index (χ3n) is 1.55. The maximum absolute atomic E-state index is 12.1. The average molecular weight is 206 g/mol. The van der Waals surface area contributed by atoms with Crippen molar-refractivity contribution < 1.29 is 28.2 Å². The van der Waals surface area contributed by atoms with Gasteiger partial charge in [0.1, 0.15) is 5.75 Å². The van der Waals surface area contributed by atoms with Gasteiger partial charge in [0.05, 0.1) is 11.1 Å². The van der Waals surface area contributed by atoms with Crippen LogP contribution in [0, 0.1) is 0 Å². The molecule has 0 aliphatic carbocycles. The van der Waals surface area contributed by atoms with Gasteiger partial charge in [-0.2, -0.15) is 13.2 Å². The first kappa shape index (κ1) is 10.4. The topological polar surface area (TPSA) is 57.5 Å². The molecular weight excluding hydrogens is 201 g/mol. The molecule has 1 aromatic carbocycles. The van der Waals surface area contributed by atoms with Crippen LogP contribution in [0.3, 0.4) is 0 Å². The molecular formula is C8H5F3O3. The Bertz CT molecular complexity index is 371. The monoisotopic (exact) mass is 206 g/mol. The summed E-state index contributed by atoms with van der Waals surface area (Å²) in [7, 11) is 0. The lowest BCUT2D eigenvalue weighted by Crippen LogP contribution is -2.06. The van der Waals surface area contributed by atoms with Crippen molar-refractivity contribution in [1.82, 2.24) is 0 Å². The summed E-state index contributed by atoms with van der Waals surface area (Å²) < 4.78 is 36.2. The van der Waals surface area contributed by atoms with E-state index < -0.39 is 29.0 Å². The van der Waals surface area contributed by atoms with Gasteiger partial charge in [-0.25, -0.2) is 4.79 Å². The fourth-order valence-electron chi connectivity index (χ4n) is 0.904. The van der Waals surface area contributed by atoms with Gasteiger partial charge >= 0.3 is 12.1 Å². The fraction of sp³-hybridized carbons (Fsp3) is 0.125. The van der Waals surface area contributed by atoms with Crippen molar-refractivity contribution in [2.24, 2.45) is 0 Å². The Hall–Kier alpha value is -1.72. The predicted molar refractivity (Wildman–Crippen MR) is 40.1 cm³/mol. The molecule has 0 aliphatic heterocycles. The molecule has 0 saturated carbocycles. The molecule has 0 amide bonds. The molecule has 0 saturated heterocycles. The first-order chi connectivity index (χ1) is 6.32. The Kier molecular flexibility index (Phi) is 2.37. The number of aromatic hydroxyl groups is 1. The van der Waals surface area contributed by atoms with Gasteiger partial charge in [-0.3, -0.25) is 0 Å². The minimum atomic E-state index is -4.68. The van der Waals surface area contributed by atoms with Gasteiger partial charge in [0, 0.05) is 0 Å². The van der Waals surface area contributed by atoms with Crippen LogP contribution in [0.25, 0.3) is 0 Å². The first-order valence-corrected chi connectivity index (χ1v) is 3.46. The molecule has 0 radical (unpaired) electrons. The summed E-state index contributed by atoms with van der Waals surface area (Å²) in [6.07, 6.45) is -4.68. The van der Waals surface area contributed by atoms with Crippen LogP contribution in [-0.4, -0.2) is 16.2 Å². The molecule has 0 heterocycles. The standard InChI is InChI=1S/C8H5F3O3/c9-8(10,11)5-2-1-4(7(13)14)3-6(5)12/h1-3,12H,(H,13,14). The van der Waals surface area contributed by atoms with Crippen LogP contribution in [0.5, 0.6) is 5.75 Å². The molecule has 0 aromatic heterocycles. The molecule has 0 bridgehead atoms. The summed E-state index contributed by atoms with van der Waals surface area (Å²) >= 11 is 0. The van der Waals surface area contributed by atoms with E-state index in [1.165, 1.54) is 0 Å². The predicted octanol–water partition coefficient (Wildman–Crippen LogP) is 2.11. The minimum absolute atomic E-state index is 0.393. The zero-order valence-electron chi connectivity index (χ0n) is 6.67. The number of halogens is 3.